The third kappa shape index (κ3) is 2.86. The van der Waals surface area contributed by atoms with Crippen LogP contribution in [-0.2, 0) is 0 Å². The minimum absolute atomic E-state index is 0.172. The number of amides is 3. The van der Waals surface area contributed by atoms with E-state index < -0.39 is 11.8 Å². The van der Waals surface area contributed by atoms with E-state index in [2.05, 4.69) is 15.5 Å². The number of anilines is 2. The quantitative estimate of drug-likeness (QED) is 0.661. The van der Waals surface area contributed by atoms with Gasteiger partial charge < -0.3 is 5.32 Å². The van der Waals surface area contributed by atoms with Crippen molar-refractivity contribution < 1.29 is 14.4 Å². The summed E-state index contributed by atoms with van der Waals surface area (Å²) in [7, 11) is 0. The van der Waals surface area contributed by atoms with Crippen molar-refractivity contribution in [2.45, 2.75) is 13.8 Å². The minimum atomic E-state index is -0.424. The summed E-state index contributed by atoms with van der Waals surface area (Å²) >= 11 is 6.34. The lowest BCUT2D eigenvalue weighted by atomic mass is 10.1. The Balaban J connectivity index is 1.62. The molecule has 0 atom stereocenters. The summed E-state index contributed by atoms with van der Waals surface area (Å²) in [5.74, 6) is -1.21. The number of nitrogens with zero attached hydrogens (tertiary/aromatic N) is 2. The van der Waals surface area contributed by atoms with E-state index in [0.717, 1.165) is 10.5 Å². The van der Waals surface area contributed by atoms with Gasteiger partial charge in [0.25, 0.3) is 17.7 Å². The number of benzene rings is 2. The predicted molar refractivity (Wildman–Crippen MR) is 105 cm³/mol. The summed E-state index contributed by atoms with van der Waals surface area (Å²) in [6.45, 7) is 3.62. The number of imide groups is 1. The Morgan fingerprint density at radius 2 is 1.82 bits per heavy atom. The van der Waals surface area contributed by atoms with Crippen molar-refractivity contribution in [1.82, 2.24) is 10.2 Å². The number of carbonyl (C=O) groups is 3. The van der Waals surface area contributed by atoms with Crippen molar-refractivity contribution in [2.75, 3.05) is 10.2 Å². The molecule has 0 radical (unpaired) electrons. The zero-order valence-corrected chi connectivity index (χ0v) is 15.8. The van der Waals surface area contributed by atoms with Crippen molar-refractivity contribution in [3.63, 3.8) is 0 Å². The number of rotatable bonds is 3. The average molecular weight is 395 g/mol. The molecular formula is C20H15ClN4O3. The fourth-order valence-electron chi connectivity index (χ4n) is 3.11. The van der Waals surface area contributed by atoms with Crippen LogP contribution in [0.25, 0.3) is 0 Å². The third-order valence-corrected chi connectivity index (χ3v) is 4.85. The number of fused-ring (bicyclic) bond motifs is 1. The van der Waals surface area contributed by atoms with Gasteiger partial charge >= 0.3 is 0 Å². The number of aromatic nitrogens is 2. The van der Waals surface area contributed by atoms with E-state index in [1.165, 1.54) is 12.1 Å². The molecular weight excluding hydrogens is 380 g/mol. The Bertz CT molecular complexity index is 1150. The highest BCUT2D eigenvalue weighted by atomic mass is 35.5. The lowest BCUT2D eigenvalue weighted by molar-refractivity contribution is 0.0924. The number of hydrogen-bond donors (Lipinski definition) is 2. The summed E-state index contributed by atoms with van der Waals surface area (Å²) in [6.07, 6.45) is 1.55. The number of aromatic amines is 1. The summed E-state index contributed by atoms with van der Waals surface area (Å²) < 4.78 is 0. The van der Waals surface area contributed by atoms with Gasteiger partial charge in [-0.1, -0.05) is 23.2 Å². The smallest absolute Gasteiger partial charge is 0.273 e. The normalized spacial score (nSPS) is 13.0. The van der Waals surface area contributed by atoms with Crippen LogP contribution >= 0.6 is 11.6 Å². The highest BCUT2D eigenvalue weighted by Crippen LogP contribution is 2.35. The number of nitrogens with one attached hydrogen (secondary N) is 2. The monoisotopic (exact) mass is 394 g/mol. The van der Waals surface area contributed by atoms with Crippen molar-refractivity contribution in [3.05, 3.63) is 75.6 Å². The fourth-order valence-corrected chi connectivity index (χ4v) is 3.37. The molecule has 140 valence electrons. The molecule has 7 nitrogen and oxygen atoms in total. The van der Waals surface area contributed by atoms with E-state index in [1.54, 1.807) is 37.4 Å². The maximum absolute atomic E-state index is 12.7. The van der Waals surface area contributed by atoms with Gasteiger partial charge in [-0.3, -0.25) is 19.5 Å². The van der Waals surface area contributed by atoms with Crippen LogP contribution in [0.2, 0.25) is 5.02 Å². The Hall–Kier alpha value is -3.45. The van der Waals surface area contributed by atoms with Crippen molar-refractivity contribution >= 4 is 40.7 Å². The molecule has 0 bridgehead atoms. The average Bonchev–Trinajstić information content (AvgIpc) is 3.18. The molecule has 2 aromatic carbocycles. The summed E-state index contributed by atoms with van der Waals surface area (Å²) in [5, 5.41) is 9.33. The molecule has 0 aliphatic carbocycles. The second kappa shape index (κ2) is 6.61. The van der Waals surface area contributed by atoms with Crippen LogP contribution < -0.4 is 10.2 Å². The third-order valence-electron chi connectivity index (χ3n) is 4.54. The van der Waals surface area contributed by atoms with E-state index in [-0.39, 0.29) is 16.6 Å². The molecule has 3 aromatic rings. The topological polar surface area (TPSA) is 95.2 Å². The minimum Gasteiger partial charge on any atom is -0.321 e. The molecule has 4 rings (SSSR count). The maximum Gasteiger partial charge on any atom is 0.273 e. The second-order valence-corrected chi connectivity index (χ2v) is 6.95. The van der Waals surface area contributed by atoms with Gasteiger partial charge in [0.1, 0.15) is 5.69 Å². The van der Waals surface area contributed by atoms with Gasteiger partial charge in [0.05, 0.1) is 28.0 Å². The SMILES string of the molecule is Cc1ccc2c(c1)C(=O)N(c1ccc(NC(=O)c3[nH]ncc3C)cc1Cl)C2=O. The Kier molecular flexibility index (Phi) is 4.24. The van der Waals surface area contributed by atoms with Crippen molar-refractivity contribution in [3.8, 4) is 0 Å². The highest BCUT2D eigenvalue weighted by Gasteiger charge is 2.37. The van der Waals surface area contributed by atoms with Crippen LogP contribution in [0, 0.1) is 13.8 Å². The standard InChI is InChI=1S/C20H15ClN4O3/c1-10-3-5-13-14(7-10)20(28)25(19(13)27)16-6-4-12(8-15(16)21)23-18(26)17-11(2)9-22-24-17/h3-9H,1-2H3,(H,22,24)(H,23,26). The lowest BCUT2D eigenvalue weighted by Crippen LogP contribution is -2.29. The largest absolute Gasteiger partial charge is 0.321 e. The van der Waals surface area contributed by atoms with Gasteiger partial charge in [0.15, 0.2) is 0 Å². The van der Waals surface area contributed by atoms with Crippen LogP contribution in [0.15, 0.2) is 42.6 Å². The number of halogens is 1. The van der Waals surface area contributed by atoms with Gasteiger partial charge in [-0.05, 0) is 49.7 Å². The molecule has 0 fully saturated rings. The zero-order chi connectivity index (χ0) is 20.0. The molecule has 1 aromatic heterocycles. The summed E-state index contributed by atoms with van der Waals surface area (Å²) in [4.78, 5) is 38.8. The number of carbonyl (C=O) groups excluding carboxylic acids is 3. The van der Waals surface area contributed by atoms with Gasteiger partial charge in [-0.2, -0.15) is 5.10 Å². The van der Waals surface area contributed by atoms with Gasteiger partial charge in [-0.15, -0.1) is 0 Å². The molecule has 2 N–H and O–H groups in total. The van der Waals surface area contributed by atoms with E-state index in [0.29, 0.717) is 28.1 Å². The lowest BCUT2D eigenvalue weighted by Gasteiger charge is -2.16. The molecule has 0 saturated carbocycles. The fraction of sp³-hybridized carbons (Fsp3) is 0.100. The maximum atomic E-state index is 12.7. The molecule has 1 aliphatic heterocycles. The van der Waals surface area contributed by atoms with Crippen molar-refractivity contribution in [1.29, 1.82) is 0 Å². The first-order valence-electron chi connectivity index (χ1n) is 8.47. The summed E-state index contributed by atoms with van der Waals surface area (Å²) in [6, 6.07) is 9.72. The first-order chi connectivity index (χ1) is 13.4. The van der Waals surface area contributed by atoms with E-state index in [4.69, 9.17) is 11.6 Å². The molecule has 0 saturated heterocycles. The highest BCUT2D eigenvalue weighted by molar-refractivity contribution is 6.40. The number of hydrogen-bond acceptors (Lipinski definition) is 4. The number of aryl methyl sites for hydroxylation is 2. The Morgan fingerprint density at radius 3 is 2.50 bits per heavy atom. The van der Waals surface area contributed by atoms with Gasteiger partial charge in [-0.25, -0.2) is 4.90 Å². The first-order valence-corrected chi connectivity index (χ1v) is 8.85. The molecule has 0 unspecified atom stereocenters. The van der Waals surface area contributed by atoms with Crippen LogP contribution in [0.1, 0.15) is 42.3 Å². The molecule has 8 heteroatoms. The predicted octanol–water partition coefficient (Wildman–Crippen LogP) is 3.73. The van der Waals surface area contributed by atoms with Crippen molar-refractivity contribution in [2.24, 2.45) is 0 Å². The van der Waals surface area contributed by atoms with Crippen LogP contribution in [0.4, 0.5) is 11.4 Å². The molecule has 2 heterocycles. The Labute approximate surface area is 165 Å². The Morgan fingerprint density at radius 1 is 1.07 bits per heavy atom. The summed E-state index contributed by atoms with van der Waals surface area (Å²) in [5.41, 5.74) is 3.34. The first kappa shape index (κ1) is 17.9. The molecule has 28 heavy (non-hydrogen) atoms. The van der Waals surface area contributed by atoms with Crippen LogP contribution in [0.5, 0.6) is 0 Å². The zero-order valence-electron chi connectivity index (χ0n) is 15.0. The molecule has 3 amide bonds. The van der Waals surface area contributed by atoms with E-state index in [1.807, 2.05) is 6.92 Å². The van der Waals surface area contributed by atoms with Gasteiger partial charge in [0, 0.05) is 5.69 Å². The van der Waals surface area contributed by atoms with Gasteiger partial charge in [0.2, 0.25) is 0 Å². The van der Waals surface area contributed by atoms with E-state index >= 15 is 0 Å². The van der Waals surface area contributed by atoms with Crippen LogP contribution in [-0.4, -0.2) is 27.9 Å². The number of H-pyrrole nitrogens is 1. The van der Waals surface area contributed by atoms with Crippen LogP contribution in [0.3, 0.4) is 0 Å². The second-order valence-electron chi connectivity index (χ2n) is 6.54. The molecule has 0 spiro atoms. The van der Waals surface area contributed by atoms with E-state index in [9.17, 15) is 14.4 Å². The molecule has 1 aliphatic rings.